The van der Waals surface area contributed by atoms with Crippen molar-refractivity contribution >= 4 is 5.97 Å². The van der Waals surface area contributed by atoms with Gasteiger partial charge < -0.3 is 15.1 Å². The summed E-state index contributed by atoms with van der Waals surface area (Å²) in [5.41, 5.74) is 0. The Balaban J connectivity index is 1.85. The third-order valence-corrected chi connectivity index (χ3v) is 3.96. The highest BCUT2D eigenvalue weighted by atomic mass is 16.4. The second-order valence-corrected chi connectivity index (χ2v) is 4.85. The maximum Gasteiger partial charge on any atom is 0.304 e. The smallest absolute Gasteiger partial charge is 0.304 e. The zero-order chi connectivity index (χ0) is 10.8. The standard InChI is InChI=1S/C11H19NO3/c13-7-10-8-1-2-9(10)6-12(5-8)4-3-11(14)15/h8-10,13H,1-7H2,(H,14,15). The molecule has 0 aromatic carbocycles. The summed E-state index contributed by atoms with van der Waals surface area (Å²) in [4.78, 5) is 12.7. The van der Waals surface area contributed by atoms with Gasteiger partial charge in [-0.05, 0) is 30.6 Å². The van der Waals surface area contributed by atoms with E-state index in [0.29, 0.717) is 30.9 Å². The van der Waals surface area contributed by atoms with Crippen LogP contribution in [0, 0.1) is 17.8 Å². The van der Waals surface area contributed by atoms with Gasteiger partial charge in [0.15, 0.2) is 0 Å². The number of piperidine rings is 1. The molecular weight excluding hydrogens is 194 g/mol. The maximum atomic E-state index is 10.5. The van der Waals surface area contributed by atoms with Crippen LogP contribution in [0.3, 0.4) is 0 Å². The molecule has 0 aromatic heterocycles. The fourth-order valence-electron chi connectivity index (χ4n) is 3.17. The lowest BCUT2D eigenvalue weighted by atomic mass is 9.86. The third-order valence-electron chi connectivity index (χ3n) is 3.96. The topological polar surface area (TPSA) is 60.8 Å². The third kappa shape index (κ3) is 2.32. The number of carbonyl (C=O) groups is 1. The van der Waals surface area contributed by atoms with E-state index < -0.39 is 5.97 Å². The number of carboxylic acids is 1. The zero-order valence-electron chi connectivity index (χ0n) is 8.93. The van der Waals surface area contributed by atoms with Crippen LogP contribution in [0.1, 0.15) is 19.3 Å². The average Bonchev–Trinajstić information content (AvgIpc) is 2.45. The fourth-order valence-corrected chi connectivity index (χ4v) is 3.17. The molecule has 1 aliphatic heterocycles. The number of fused-ring (bicyclic) bond motifs is 2. The van der Waals surface area contributed by atoms with E-state index in [1.54, 1.807) is 0 Å². The molecule has 2 fully saturated rings. The van der Waals surface area contributed by atoms with Crippen molar-refractivity contribution in [2.45, 2.75) is 19.3 Å². The van der Waals surface area contributed by atoms with E-state index in [1.807, 2.05) is 0 Å². The second kappa shape index (κ2) is 4.49. The van der Waals surface area contributed by atoms with Gasteiger partial charge in [0.25, 0.3) is 0 Å². The molecule has 0 aromatic rings. The zero-order valence-corrected chi connectivity index (χ0v) is 8.93. The molecule has 1 heterocycles. The molecule has 1 saturated heterocycles. The molecule has 2 N–H and O–H groups in total. The molecule has 2 aliphatic rings. The lowest BCUT2D eigenvalue weighted by Crippen LogP contribution is -2.43. The molecule has 0 radical (unpaired) electrons. The first kappa shape index (κ1) is 10.9. The molecule has 4 heteroatoms. The number of aliphatic hydroxyl groups excluding tert-OH is 1. The first-order valence-corrected chi connectivity index (χ1v) is 5.75. The van der Waals surface area contributed by atoms with E-state index in [0.717, 1.165) is 13.1 Å². The molecule has 86 valence electrons. The van der Waals surface area contributed by atoms with Crippen molar-refractivity contribution in [3.8, 4) is 0 Å². The molecule has 15 heavy (non-hydrogen) atoms. The summed E-state index contributed by atoms with van der Waals surface area (Å²) in [7, 11) is 0. The minimum absolute atomic E-state index is 0.239. The second-order valence-electron chi connectivity index (χ2n) is 4.85. The monoisotopic (exact) mass is 213 g/mol. The summed E-state index contributed by atoms with van der Waals surface area (Å²) in [6, 6.07) is 0. The minimum atomic E-state index is -0.716. The summed E-state index contributed by atoms with van der Waals surface area (Å²) in [5.74, 6) is 0.961. The van der Waals surface area contributed by atoms with Crippen LogP contribution in [0.25, 0.3) is 0 Å². The quantitative estimate of drug-likeness (QED) is 0.710. The first-order valence-electron chi connectivity index (χ1n) is 5.75. The predicted molar refractivity (Wildman–Crippen MR) is 55.5 cm³/mol. The number of aliphatic hydroxyl groups is 1. The number of nitrogens with zero attached hydrogens (tertiary/aromatic N) is 1. The molecule has 1 aliphatic carbocycles. The van der Waals surface area contributed by atoms with Gasteiger partial charge in [-0.1, -0.05) is 0 Å². The van der Waals surface area contributed by atoms with Gasteiger partial charge in [-0.3, -0.25) is 4.79 Å². The number of hydrogen-bond acceptors (Lipinski definition) is 3. The van der Waals surface area contributed by atoms with Crippen molar-refractivity contribution < 1.29 is 15.0 Å². The van der Waals surface area contributed by atoms with E-state index in [1.165, 1.54) is 12.8 Å². The molecule has 1 saturated carbocycles. The van der Waals surface area contributed by atoms with Crippen molar-refractivity contribution in [3.63, 3.8) is 0 Å². The summed E-state index contributed by atoms with van der Waals surface area (Å²) < 4.78 is 0. The molecule has 2 rings (SSSR count). The number of carboxylic acid groups (broad SMARTS) is 1. The van der Waals surface area contributed by atoms with Gasteiger partial charge in [0.05, 0.1) is 6.42 Å². The summed E-state index contributed by atoms with van der Waals surface area (Å²) >= 11 is 0. The molecule has 0 amide bonds. The van der Waals surface area contributed by atoms with Gasteiger partial charge in [0, 0.05) is 26.2 Å². The van der Waals surface area contributed by atoms with E-state index in [-0.39, 0.29) is 6.42 Å². The Bertz CT molecular complexity index is 230. The van der Waals surface area contributed by atoms with Crippen molar-refractivity contribution in [3.05, 3.63) is 0 Å². The lowest BCUT2D eigenvalue weighted by molar-refractivity contribution is -0.137. The van der Waals surface area contributed by atoms with Crippen LogP contribution in [-0.2, 0) is 4.79 Å². The predicted octanol–water partition coefficient (Wildman–Crippen LogP) is 0.411. The largest absolute Gasteiger partial charge is 0.481 e. The Labute approximate surface area is 89.9 Å². The normalized spacial score (nSPS) is 35.7. The van der Waals surface area contributed by atoms with Crippen LogP contribution >= 0.6 is 0 Å². The van der Waals surface area contributed by atoms with E-state index in [9.17, 15) is 9.90 Å². The highest BCUT2D eigenvalue weighted by Gasteiger charge is 2.41. The van der Waals surface area contributed by atoms with Crippen LogP contribution in [-0.4, -0.2) is 47.3 Å². The molecule has 4 nitrogen and oxygen atoms in total. The van der Waals surface area contributed by atoms with Gasteiger partial charge in [-0.25, -0.2) is 0 Å². The van der Waals surface area contributed by atoms with Gasteiger partial charge in [-0.2, -0.15) is 0 Å². The van der Waals surface area contributed by atoms with Crippen LogP contribution in [0.5, 0.6) is 0 Å². The SMILES string of the molecule is O=C(O)CCN1CC2CCC(C1)C2CO. The Morgan fingerprint density at radius 2 is 1.87 bits per heavy atom. The van der Waals surface area contributed by atoms with E-state index in [2.05, 4.69) is 4.90 Å². The molecule has 2 bridgehead atoms. The summed E-state index contributed by atoms with van der Waals surface area (Å²) in [6.45, 7) is 2.94. The van der Waals surface area contributed by atoms with Gasteiger partial charge >= 0.3 is 5.97 Å². The fraction of sp³-hybridized carbons (Fsp3) is 0.909. The lowest BCUT2D eigenvalue weighted by Gasteiger charge is -2.36. The highest BCUT2D eigenvalue weighted by molar-refractivity contribution is 5.66. The minimum Gasteiger partial charge on any atom is -0.481 e. The van der Waals surface area contributed by atoms with Crippen LogP contribution < -0.4 is 0 Å². The van der Waals surface area contributed by atoms with Crippen molar-refractivity contribution in [2.75, 3.05) is 26.2 Å². The molecule has 2 unspecified atom stereocenters. The van der Waals surface area contributed by atoms with Crippen molar-refractivity contribution in [1.82, 2.24) is 4.90 Å². The van der Waals surface area contributed by atoms with Crippen LogP contribution in [0.4, 0.5) is 0 Å². The number of likely N-dealkylation sites (tertiary alicyclic amines) is 1. The molecule has 2 atom stereocenters. The van der Waals surface area contributed by atoms with Gasteiger partial charge in [0.1, 0.15) is 0 Å². The summed E-state index contributed by atoms with van der Waals surface area (Å²) in [5, 5.41) is 17.9. The highest BCUT2D eigenvalue weighted by Crippen LogP contribution is 2.41. The van der Waals surface area contributed by atoms with E-state index in [4.69, 9.17) is 5.11 Å². The van der Waals surface area contributed by atoms with Gasteiger partial charge in [0.2, 0.25) is 0 Å². The van der Waals surface area contributed by atoms with E-state index >= 15 is 0 Å². The average molecular weight is 213 g/mol. The molecule has 0 spiro atoms. The first-order chi connectivity index (χ1) is 7.20. The Kier molecular flexibility index (Phi) is 3.26. The van der Waals surface area contributed by atoms with Crippen LogP contribution in [0.15, 0.2) is 0 Å². The van der Waals surface area contributed by atoms with Gasteiger partial charge in [-0.15, -0.1) is 0 Å². The number of rotatable bonds is 4. The maximum absolute atomic E-state index is 10.5. The van der Waals surface area contributed by atoms with Crippen molar-refractivity contribution in [2.24, 2.45) is 17.8 Å². The Morgan fingerprint density at radius 3 is 2.33 bits per heavy atom. The molecular formula is C11H19NO3. The van der Waals surface area contributed by atoms with Crippen LogP contribution in [0.2, 0.25) is 0 Å². The Hall–Kier alpha value is -0.610. The number of hydrogen-bond donors (Lipinski definition) is 2. The Morgan fingerprint density at radius 1 is 1.27 bits per heavy atom. The summed E-state index contributed by atoms with van der Waals surface area (Å²) in [6.07, 6.45) is 2.65. The number of aliphatic carboxylic acids is 1. The van der Waals surface area contributed by atoms with Crippen molar-refractivity contribution in [1.29, 1.82) is 0 Å².